The van der Waals surface area contributed by atoms with E-state index in [1.165, 1.54) is 0 Å². The van der Waals surface area contributed by atoms with Crippen LogP contribution in [0.25, 0.3) is 0 Å². The molecule has 0 saturated carbocycles. The molecular weight excluding hydrogens is 290 g/mol. The van der Waals surface area contributed by atoms with Gasteiger partial charge in [-0.1, -0.05) is 32.0 Å². The second-order valence-electron chi connectivity index (χ2n) is 6.64. The van der Waals surface area contributed by atoms with Gasteiger partial charge in [0, 0.05) is 25.2 Å². The molecular formula is C18H27N3O2. The summed E-state index contributed by atoms with van der Waals surface area (Å²) in [6, 6.07) is 8.75. The molecule has 2 atom stereocenters. The van der Waals surface area contributed by atoms with Crippen molar-refractivity contribution in [2.24, 2.45) is 17.6 Å². The molecule has 1 fully saturated rings. The zero-order valence-electron chi connectivity index (χ0n) is 14.0. The molecule has 0 aliphatic carbocycles. The van der Waals surface area contributed by atoms with Crippen molar-refractivity contribution in [2.45, 2.75) is 32.7 Å². The first-order valence-corrected chi connectivity index (χ1v) is 8.36. The van der Waals surface area contributed by atoms with Crippen LogP contribution >= 0.6 is 0 Å². The molecule has 2 rings (SSSR count). The number of likely N-dealkylation sites (tertiary alicyclic amines) is 1. The number of piperidine rings is 1. The van der Waals surface area contributed by atoms with E-state index >= 15 is 0 Å². The number of benzene rings is 1. The van der Waals surface area contributed by atoms with Crippen LogP contribution in [0.3, 0.4) is 0 Å². The fourth-order valence-electron chi connectivity index (χ4n) is 2.86. The van der Waals surface area contributed by atoms with Crippen LogP contribution in [0.1, 0.15) is 37.0 Å². The van der Waals surface area contributed by atoms with E-state index in [2.05, 4.69) is 5.32 Å². The Bertz CT molecular complexity index is 530. The van der Waals surface area contributed by atoms with E-state index in [0.717, 1.165) is 19.4 Å². The maximum atomic E-state index is 12.4. The molecule has 126 valence electrons. The van der Waals surface area contributed by atoms with Crippen molar-refractivity contribution in [3.63, 3.8) is 0 Å². The van der Waals surface area contributed by atoms with Gasteiger partial charge in [-0.15, -0.1) is 0 Å². The molecule has 1 saturated heterocycles. The van der Waals surface area contributed by atoms with Crippen molar-refractivity contribution < 1.29 is 9.59 Å². The quantitative estimate of drug-likeness (QED) is 0.867. The smallest absolute Gasteiger partial charge is 0.251 e. The van der Waals surface area contributed by atoms with Gasteiger partial charge in [-0.2, -0.15) is 0 Å². The lowest BCUT2D eigenvalue weighted by Gasteiger charge is -2.35. The molecule has 5 nitrogen and oxygen atoms in total. The van der Waals surface area contributed by atoms with Gasteiger partial charge < -0.3 is 16.0 Å². The summed E-state index contributed by atoms with van der Waals surface area (Å²) in [5.41, 5.74) is 6.64. The van der Waals surface area contributed by atoms with Gasteiger partial charge in [0.2, 0.25) is 5.91 Å². The zero-order chi connectivity index (χ0) is 16.8. The Morgan fingerprint density at radius 3 is 2.65 bits per heavy atom. The topological polar surface area (TPSA) is 75.4 Å². The van der Waals surface area contributed by atoms with Crippen LogP contribution in [-0.4, -0.2) is 42.4 Å². The Morgan fingerprint density at radius 1 is 1.30 bits per heavy atom. The number of rotatable bonds is 5. The van der Waals surface area contributed by atoms with Crippen molar-refractivity contribution in [2.75, 3.05) is 19.6 Å². The van der Waals surface area contributed by atoms with E-state index in [9.17, 15) is 9.59 Å². The highest BCUT2D eigenvalue weighted by Gasteiger charge is 2.28. The fraction of sp³-hybridized carbons (Fsp3) is 0.556. The van der Waals surface area contributed by atoms with E-state index in [-0.39, 0.29) is 17.7 Å². The lowest BCUT2D eigenvalue weighted by molar-refractivity contribution is -0.135. The maximum Gasteiger partial charge on any atom is 0.251 e. The number of nitrogens with two attached hydrogens (primary N) is 1. The minimum Gasteiger partial charge on any atom is -0.352 e. The third-order valence-corrected chi connectivity index (χ3v) is 4.42. The lowest BCUT2D eigenvalue weighted by Crippen LogP contribution is -2.51. The highest BCUT2D eigenvalue weighted by Crippen LogP contribution is 2.17. The van der Waals surface area contributed by atoms with E-state index in [0.29, 0.717) is 24.6 Å². The summed E-state index contributed by atoms with van der Waals surface area (Å²) in [4.78, 5) is 26.3. The average Bonchev–Trinajstić information content (AvgIpc) is 2.59. The second-order valence-corrected chi connectivity index (χ2v) is 6.64. The fourth-order valence-corrected chi connectivity index (χ4v) is 2.86. The third kappa shape index (κ3) is 4.79. The summed E-state index contributed by atoms with van der Waals surface area (Å²) in [6.45, 7) is 5.96. The van der Waals surface area contributed by atoms with Crippen LogP contribution in [0.4, 0.5) is 0 Å². The molecule has 1 aromatic carbocycles. The van der Waals surface area contributed by atoms with Crippen molar-refractivity contribution in [3.05, 3.63) is 35.9 Å². The summed E-state index contributed by atoms with van der Waals surface area (Å²) in [5.74, 6) is 0.396. The van der Waals surface area contributed by atoms with Crippen LogP contribution in [0.15, 0.2) is 30.3 Å². The third-order valence-electron chi connectivity index (χ3n) is 4.42. The van der Waals surface area contributed by atoms with E-state index in [1.807, 2.05) is 36.9 Å². The van der Waals surface area contributed by atoms with Crippen molar-refractivity contribution in [1.82, 2.24) is 10.2 Å². The summed E-state index contributed by atoms with van der Waals surface area (Å²) < 4.78 is 0. The van der Waals surface area contributed by atoms with Gasteiger partial charge in [0.05, 0.1) is 6.04 Å². The number of carbonyl (C=O) groups excluding carboxylic acids is 2. The van der Waals surface area contributed by atoms with E-state index < -0.39 is 6.04 Å². The van der Waals surface area contributed by atoms with Crippen molar-refractivity contribution >= 4 is 11.8 Å². The first-order chi connectivity index (χ1) is 11.0. The van der Waals surface area contributed by atoms with Crippen molar-refractivity contribution in [3.8, 4) is 0 Å². The SMILES string of the molecule is CC(C)[C@H](N)C(=O)N1CCCC(CNC(=O)c2ccccc2)C1. The zero-order valence-corrected chi connectivity index (χ0v) is 14.0. The summed E-state index contributed by atoms with van der Waals surface area (Å²) >= 11 is 0. The molecule has 0 bridgehead atoms. The molecule has 23 heavy (non-hydrogen) atoms. The molecule has 1 unspecified atom stereocenters. The molecule has 1 aliphatic heterocycles. The molecule has 1 aliphatic rings. The van der Waals surface area contributed by atoms with Gasteiger partial charge in [-0.3, -0.25) is 9.59 Å². The number of hydrogen-bond acceptors (Lipinski definition) is 3. The predicted octanol–water partition coefficient (Wildman–Crippen LogP) is 1.64. The van der Waals surface area contributed by atoms with Gasteiger partial charge in [-0.25, -0.2) is 0 Å². The number of nitrogens with one attached hydrogen (secondary N) is 1. The molecule has 3 N–H and O–H groups in total. The van der Waals surface area contributed by atoms with Gasteiger partial charge in [-0.05, 0) is 36.8 Å². The standard InChI is InChI=1S/C18H27N3O2/c1-13(2)16(19)18(23)21-10-6-7-14(12-21)11-20-17(22)15-8-4-3-5-9-15/h3-5,8-9,13-14,16H,6-7,10-12,19H2,1-2H3,(H,20,22)/t14?,16-/m0/s1. The Kier molecular flexibility index (Phi) is 6.16. The predicted molar refractivity (Wildman–Crippen MR) is 90.9 cm³/mol. The van der Waals surface area contributed by atoms with Crippen LogP contribution in [0, 0.1) is 11.8 Å². The summed E-state index contributed by atoms with van der Waals surface area (Å²) in [7, 11) is 0. The minimum atomic E-state index is -0.437. The molecule has 2 amide bonds. The van der Waals surface area contributed by atoms with Crippen LogP contribution in [0.5, 0.6) is 0 Å². The Balaban J connectivity index is 1.84. The molecule has 0 radical (unpaired) electrons. The molecule has 1 heterocycles. The Hall–Kier alpha value is -1.88. The van der Waals surface area contributed by atoms with Crippen LogP contribution < -0.4 is 11.1 Å². The molecule has 0 aromatic heterocycles. The lowest BCUT2D eigenvalue weighted by atomic mass is 9.95. The second kappa shape index (κ2) is 8.11. The Labute approximate surface area is 138 Å². The highest BCUT2D eigenvalue weighted by atomic mass is 16.2. The number of carbonyl (C=O) groups is 2. The largest absolute Gasteiger partial charge is 0.352 e. The van der Waals surface area contributed by atoms with Gasteiger partial charge in [0.15, 0.2) is 0 Å². The van der Waals surface area contributed by atoms with E-state index in [4.69, 9.17) is 5.73 Å². The molecule has 1 aromatic rings. The first kappa shape index (κ1) is 17.5. The van der Waals surface area contributed by atoms with Gasteiger partial charge in [0.1, 0.15) is 0 Å². The average molecular weight is 317 g/mol. The maximum absolute atomic E-state index is 12.4. The summed E-state index contributed by atoms with van der Waals surface area (Å²) in [5, 5.41) is 2.97. The monoisotopic (exact) mass is 317 g/mol. The molecule has 5 heteroatoms. The number of nitrogens with zero attached hydrogens (tertiary/aromatic N) is 1. The summed E-state index contributed by atoms with van der Waals surface area (Å²) in [6.07, 6.45) is 1.98. The van der Waals surface area contributed by atoms with Gasteiger partial charge in [0.25, 0.3) is 5.91 Å². The number of amides is 2. The van der Waals surface area contributed by atoms with E-state index in [1.54, 1.807) is 12.1 Å². The molecule has 0 spiro atoms. The Morgan fingerprint density at radius 2 is 2.00 bits per heavy atom. The van der Waals surface area contributed by atoms with Gasteiger partial charge >= 0.3 is 0 Å². The van der Waals surface area contributed by atoms with Crippen LogP contribution in [0.2, 0.25) is 0 Å². The first-order valence-electron chi connectivity index (χ1n) is 8.36. The van der Waals surface area contributed by atoms with Crippen LogP contribution in [-0.2, 0) is 4.79 Å². The van der Waals surface area contributed by atoms with Crippen molar-refractivity contribution in [1.29, 1.82) is 0 Å². The highest BCUT2D eigenvalue weighted by molar-refractivity contribution is 5.94. The number of hydrogen-bond donors (Lipinski definition) is 2. The minimum absolute atomic E-state index is 0.0269. The normalized spacial score (nSPS) is 19.5.